The average molecular weight is 811 g/mol. The molecule has 60 heavy (non-hydrogen) atoms. The van der Waals surface area contributed by atoms with Gasteiger partial charge in [0.1, 0.15) is 29.8 Å². The van der Waals surface area contributed by atoms with Crippen LogP contribution < -0.4 is 16.0 Å². The lowest BCUT2D eigenvalue weighted by Crippen LogP contribution is -2.60. The van der Waals surface area contributed by atoms with E-state index < -0.39 is 59.6 Å². The number of fused-ring (bicyclic) bond motifs is 4. The van der Waals surface area contributed by atoms with Crippen molar-refractivity contribution in [2.45, 2.75) is 82.8 Å². The van der Waals surface area contributed by atoms with E-state index in [4.69, 9.17) is 9.47 Å². The van der Waals surface area contributed by atoms with Crippen LogP contribution in [0.4, 0.5) is 4.79 Å². The number of carbonyl (C=O) groups excluding carboxylic acids is 5. The molecular weight excluding hydrogens is 761 g/mol. The summed E-state index contributed by atoms with van der Waals surface area (Å²) in [5, 5.41) is 10.6. The number of H-pyrrole nitrogens is 2. The van der Waals surface area contributed by atoms with E-state index in [9.17, 15) is 24.0 Å². The number of hydrogen-bond acceptors (Lipinski definition) is 7. The molecule has 5 N–H and O–H groups in total. The lowest BCUT2D eigenvalue weighted by molar-refractivity contribution is -0.145. The summed E-state index contributed by atoms with van der Waals surface area (Å²) in [7, 11) is 1.26. The summed E-state index contributed by atoms with van der Waals surface area (Å²) in [6.45, 7) is 5.37. The molecule has 0 aliphatic carbocycles. The second-order valence-electron chi connectivity index (χ2n) is 16.1. The predicted molar refractivity (Wildman–Crippen MR) is 228 cm³/mol. The summed E-state index contributed by atoms with van der Waals surface area (Å²) in [4.78, 5) is 78.3. The summed E-state index contributed by atoms with van der Waals surface area (Å²) in [6.07, 6.45) is 1.61. The highest BCUT2D eigenvalue weighted by atomic mass is 16.6. The Hall–Kier alpha value is -6.89. The van der Waals surface area contributed by atoms with Crippen LogP contribution in [0.3, 0.4) is 0 Å². The zero-order chi connectivity index (χ0) is 42.4. The molecule has 4 aromatic carbocycles. The van der Waals surface area contributed by atoms with E-state index in [-0.39, 0.29) is 32.2 Å². The number of nitrogens with one attached hydrogen (secondary N) is 5. The topological polar surface area (TPSA) is 175 Å². The number of benzene rings is 4. The number of aromatic nitrogens is 2. The quantitative estimate of drug-likeness (QED) is 0.0936. The first-order valence-electron chi connectivity index (χ1n) is 20.1. The highest BCUT2D eigenvalue weighted by molar-refractivity contribution is 5.96. The molecule has 0 radical (unpaired) electrons. The highest BCUT2D eigenvalue weighted by Gasteiger charge is 2.40. The summed E-state index contributed by atoms with van der Waals surface area (Å²) in [6, 6.07) is 29.4. The van der Waals surface area contributed by atoms with Crippen molar-refractivity contribution in [3.05, 3.63) is 143 Å². The molecule has 3 heterocycles. The van der Waals surface area contributed by atoms with Crippen molar-refractivity contribution < 1.29 is 33.4 Å². The Labute approximate surface area is 348 Å². The van der Waals surface area contributed by atoms with E-state index in [1.165, 1.54) is 12.0 Å². The van der Waals surface area contributed by atoms with Crippen LogP contribution in [0.2, 0.25) is 0 Å². The van der Waals surface area contributed by atoms with Crippen LogP contribution in [0.15, 0.2) is 115 Å². The van der Waals surface area contributed by atoms with Crippen LogP contribution in [0, 0.1) is 0 Å². The number of rotatable bonds is 13. The van der Waals surface area contributed by atoms with Crippen molar-refractivity contribution in [1.29, 1.82) is 0 Å². The van der Waals surface area contributed by atoms with Gasteiger partial charge in [-0.3, -0.25) is 19.3 Å². The molecule has 0 saturated heterocycles. The number of aromatic amines is 2. The van der Waals surface area contributed by atoms with Gasteiger partial charge in [-0.2, -0.15) is 0 Å². The van der Waals surface area contributed by atoms with Crippen LogP contribution in [0.1, 0.15) is 48.7 Å². The lowest BCUT2D eigenvalue weighted by atomic mass is 9.95. The van der Waals surface area contributed by atoms with Gasteiger partial charge < -0.3 is 35.4 Å². The molecule has 0 fully saturated rings. The molecular formula is C47H50N6O7. The minimum Gasteiger partial charge on any atom is -0.467 e. The molecule has 0 spiro atoms. The summed E-state index contributed by atoms with van der Waals surface area (Å²) in [5.74, 6) is -2.43. The zero-order valence-corrected chi connectivity index (χ0v) is 34.1. The van der Waals surface area contributed by atoms with Crippen molar-refractivity contribution in [1.82, 2.24) is 30.8 Å². The van der Waals surface area contributed by atoms with E-state index in [0.29, 0.717) is 0 Å². The second-order valence-corrected chi connectivity index (χ2v) is 16.1. The third-order valence-electron chi connectivity index (χ3n) is 10.7. The molecule has 4 atom stereocenters. The fourth-order valence-electron chi connectivity index (χ4n) is 7.74. The first-order chi connectivity index (χ1) is 28.9. The van der Waals surface area contributed by atoms with Crippen LogP contribution in [0.25, 0.3) is 21.8 Å². The van der Waals surface area contributed by atoms with E-state index in [1.54, 1.807) is 27.0 Å². The van der Waals surface area contributed by atoms with Gasteiger partial charge in [0.2, 0.25) is 17.7 Å². The van der Waals surface area contributed by atoms with Crippen molar-refractivity contribution in [2.24, 2.45) is 0 Å². The molecule has 310 valence electrons. The summed E-state index contributed by atoms with van der Waals surface area (Å²) >= 11 is 0. The molecule has 2 aromatic heterocycles. The number of para-hydroxylation sites is 2. The molecule has 1 aliphatic rings. The number of carbonyl (C=O) groups is 5. The number of ether oxygens (including phenoxy) is 2. The summed E-state index contributed by atoms with van der Waals surface area (Å²) in [5.41, 5.74) is 4.97. The van der Waals surface area contributed by atoms with Gasteiger partial charge in [0.05, 0.1) is 13.7 Å². The lowest BCUT2D eigenvalue weighted by Gasteiger charge is -2.36. The number of amides is 4. The van der Waals surface area contributed by atoms with E-state index in [2.05, 4.69) is 25.9 Å². The van der Waals surface area contributed by atoms with Crippen LogP contribution >= 0.6 is 0 Å². The van der Waals surface area contributed by atoms with E-state index in [1.807, 2.05) is 109 Å². The Morgan fingerprint density at radius 2 is 1.25 bits per heavy atom. The van der Waals surface area contributed by atoms with Crippen LogP contribution in [-0.4, -0.2) is 81.5 Å². The highest BCUT2D eigenvalue weighted by Crippen LogP contribution is 2.31. The van der Waals surface area contributed by atoms with Crippen LogP contribution in [-0.2, 0) is 60.9 Å². The number of methoxy groups -OCH3 is 1. The number of esters is 1. The molecule has 6 aromatic rings. The smallest absolute Gasteiger partial charge is 0.411 e. The van der Waals surface area contributed by atoms with Gasteiger partial charge >= 0.3 is 12.1 Å². The second kappa shape index (κ2) is 17.9. The molecule has 0 bridgehead atoms. The maximum atomic E-state index is 14.6. The van der Waals surface area contributed by atoms with Gasteiger partial charge in [-0.25, -0.2) is 9.59 Å². The van der Waals surface area contributed by atoms with Gasteiger partial charge in [0, 0.05) is 59.4 Å². The fourth-order valence-corrected chi connectivity index (χ4v) is 7.74. The molecule has 4 amide bonds. The molecule has 1 aliphatic heterocycles. The van der Waals surface area contributed by atoms with Crippen molar-refractivity contribution in [2.75, 3.05) is 7.11 Å². The Bertz CT molecular complexity index is 2490. The van der Waals surface area contributed by atoms with Gasteiger partial charge in [-0.05, 0) is 55.2 Å². The Kier molecular flexibility index (Phi) is 12.3. The largest absolute Gasteiger partial charge is 0.467 e. The van der Waals surface area contributed by atoms with Crippen molar-refractivity contribution in [3.63, 3.8) is 0 Å². The Morgan fingerprint density at radius 3 is 1.87 bits per heavy atom. The maximum Gasteiger partial charge on any atom is 0.411 e. The fraction of sp³-hybridized carbons (Fsp3) is 0.298. The molecule has 13 heteroatoms. The zero-order valence-electron chi connectivity index (χ0n) is 34.1. The van der Waals surface area contributed by atoms with Gasteiger partial charge in [-0.1, -0.05) is 97.1 Å². The van der Waals surface area contributed by atoms with Crippen LogP contribution in [0.5, 0.6) is 0 Å². The molecule has 0 unspecified atom stereocenters. The molecule has 0 saturated carbocycles. The average Bonchev–Trinajstić information content (AvgIpc) is 3.82. The maximum absolute atomic E-state index is 14.6. The predicted octanol–water partition coefficient (Wildman–Crippen LogP) is 5.67. The first kappa shape index (κ1) is 41.3. The van der Waals surface area contributed by atoms with Gasteiger partial charge in [-0.15, -0.1) is 0 Å². The third-order valence-corrected chi connectivity index (χ3v) is 10.7. The standard InChI is InChI=1S/C47H50N6O7/c1-47(2,3)60-46(58)53-28-40-34(33-20-12-14-22-36(33)49-40)26-41(53)44(56)51-38(24-30-17-9-6-10-18-30)42(54)50-37(23-29-15-7-5-8-16-29)43(55)52-39(45(57)59-4)25-31-27-48-35-21-13-11-19-32(31)35/h5-22,27,37-39,41,48-49H,23-26,28H2,1-4H3,(H,50,54)(H,51,56)(H,52,55)/t37-,38-,39-,41-/m0/s1. The Balaban J connectivity index is 1.17. The first-order valence-corrected chi connectivity index (χ1v) is 20.1. The minimum absolute atomic E-state index is 0.0843. The van der Waals surface area contributed by atoms with Crippen molar-refractivity contribution in [3.8, 4) is 0 Å². The van der Waals surface area contributed by atoms with E-state index >= 15 is 0 Å². The SMILES string of the molecule is COC(=O)[C@H](Cc1c[nH]c2ccccc12)NC(=O)[C@H](Cc1ccccc1)NC(=O)[C@H](Cc1ccccc1)NC(=O)[C@@H]1Cc2c([nH]c3ccccc23)CN1C(=O)OC(C)(C)C. The number of hydrogen-bond donors (Lipinski definition) is 5. The third kappa shape index (κ3) is 9.69. The minimum atomic E-state index is -1.17. The van der Waals surface area contributed by atoms with Crippen molar-refractivity contribution >= 4 is 51.6 Å². The van der Waals surface area contributed by atoms with Gasteiger partial charge in [0.15, 0.2) is 0 Å². The molecule has 13 nitrogen and oxygen atoms in total. The van der Waals surface area contributed by atoms with E-state index in [0.717, 1.165) is 49.8 Å². The number of nitrogens with zero attached hydrogens (tertiary/aromatic N) is 1. The molecule has 7 rings (SSSR count). The normalized spacial score (nSPS) is 15.3. The monoisotopic (exact) mass is 810 g/mol. The Morgan fingerprint density at radius 1 is 0.700 bits per heavy atom. The summed E-state index contributed by atoms with van der Waals surface area (Å²) < 4.78 is 10.9. The van der Waals surface area contributed by atoms with Gasteiger partial charge in [0.25, 0.3) is 0 Å².